The van der Waals surface area contributed by atoms with Crippen LogP contribution >= 0.6 is 7.60 Å². The number of pyridine rings is 1. The maximum Gasteiger partial charge on any atom is 0.356 e. The third kappa shape index (κ3) is 47.9. The maximum atomic E-state index is 14.1. The van der Waals surface area contributed by atoms with E-state index in [0.29, 0.717) is 140 Å². The molecule has 662 valence electrons. The first-order valence-electron chi connectivity index (χ1n) is 41.5. The SMILES string of the molecule is CCCOCCOCCCC(=O)CCC(=O)NCCOCCOCCCC(=O)CCC(=O)N[C@@H](CCCCNC(=O)CCC(=O)CCCCC(C)(O)P(=O)(O)O)C(N)=O.CNC(=O)C1(CC(=O)[C@H](CCCC(=O)O)NC(=O)[C@H](CCCCNC(=O)/C=C/c2cccnc2)CC(=O)Cc2ccc(NC(=O)Nc3ccccc3C)cc2)CCCCC1. The summed E-state index contributed by atoms with van der Waals surface area (Å²) in [5, 5.41) is 38.9. The van der Waals surface area contributed by atoms with Crippen molar-refractivity contribution in [2.45, 2.75) is 244 Å². The van der Waals surface area contributed by atoms with E-state index >= 15 is 0 Å². The van der Waals surface area contributed by atoms with E-state index in [1.54, 1.807) is 61.9 Å². The Bertz CT molecular complexity index is 3720. The fourth-order valence-corrected chi connectivity index (χ4v) is 13.3. The molecular formula is C85H129N10O23P. The van der Waals surface area contributed by atoms with Crippen LogP contribution in [0.25, 0.3) is 6.08 Å². The minimum atomic E-state index is -4.67. The molecule has 1 aromatic heterocycles. The van der Waals surface area contributed by atoms with Gasteiger partial charge in [0.25, 0.3) is 0 Å². The largest absolute Gasteiger partial charge is 0.481 e. The zero-order valence-electron chi connectivity index (χ0n) is 69.7. The lowest BCUT2D eigenvalue weighted by atomic mass is 9.69. The fraction of sp³-hybridized carbons (Fsp3) is 0.612. The van der Waals surface area contributed by atoms with Gasteiger partial charge in [-0.3, -0.25) is 71.9 Å². The van der Waals surface area contributed by atoms with Gasteiger partial charge in [-0.15, -0.1) is 0 Å². The van der Waals surface area contributed by atoms with Crippen LogP contribution in [0.15, 0.2) is 79.1 Å². The fourth-order valence-electron chi connectivity index (χ4n) is 12.8. The summed E-state index contributed by atoms with van der Waals surface area (Å²) in [5.74, 6) is -5.44. The van der Waals surface area contributed by atoms with Crippen molar-refractivity contribution in [3.05, 3.63) is 95.8 Å². The van der Waals surface area contributed by atoms with Crippen LogP contribution in [0.1, 0.15) is 230 Å². The van der Waals surface area contributed by atoms with E-state index in [0.717, 1.165) is 43.7 Å². The van der Waals surface area contributed by atoms with Crippen LogP contribution in [0.4, 0.5) is 16.2 Å². The van der Waals surface area contributed by atoms with Gasteiger partial charge in [-0.05, 0) is 157 Å². The first-order chi connectivity index (χ1) is 56.8. The molecule has 4 rings (SSSR count). The average Bonchev–Trinajstić information content (AvgIpc) is 0.803. The molecule has 1 unspecified atom stereocenters. The number of nitrogens with one attached hydrogen (secondary N) is 8. The number of ether oxygens (including phenoxy) is 4. The summed E-state index contributed by atoms with van der Waals surface area (Å²) >= 11 is 0. The monoisotopic (exact) mass is 1690 g/mol. The number of nitrogens with two attached hydrogens (primary N) is 1. The summed E-state index contributed by atoms with van der Waals surface area (Å²) in [5.41, 5.74) is 8.12. The number of benzene rings is 2. The molecule has 0 radical (unpaired) electrons. The summed E-state index contributed by atoms with van der Waals surface area (Å²) < 4.78 is 32.8. The number of carbonyl (C=O) groups is 14. The molecule has 0 bridgehead atoms. The van der Waals surface area contributed by atoms with Crippen molar-refractivity contribution in [3.8, 4) is 0 Å². The Kier molecular flexibility index (Phi) is 52.5. The highest BCUT2D eigenvalue weighted by Gasteiger charge is 2.43. The molecule has 119 heavy (non-hydrogen) atoms. The highest BCUT2D eigenvalue weighted by Crippen LogP contribution is 2.51. The second-order valence-corrected chi connectivity index (χ2v) is 32.0. The van der Waals surface area contributed by atoms with E-state index in [1.165, 1.54) is 6.08 Å². The Balaban J connectivity index is 0.000000615. The number of aryl methyl sites for hydroxylation is 1. The van der Waals surface area contributed by atoms with E-state index < -0.39 is 66.1 Å². The number of unbranched alkanes of at least 4 members (excludes halogenated alkanes) is 3. The molecule has 4 atom stereocenters. The van der Waals surface area contributed by atoms with Crippen LogP contribution in [0, 0.1) is 18.3 Å². The number of rotatable bonds is 64. The second kappa shape index (κ2) is 60.2. The van der Waals surface area contributed by atoms with Crippen LogP contribution < -0.4 is 48.3 Å². The van der Waals surface area contributed by atoms with Gasteiger partial charge in [-0.25, -0.2) is 4.79 Å². The van der Waals surface area contributed by atoms with Crippen molar-refractivity contribution in [1.82, 2.24) is 36.9 Å². The number of aliphatic hydroxyl groups is 1. The number of ketones is 5. The highest BCUT2D eigenvalue weighted by molar-refractivity contribution is 7.53. The second-order valence-electron chi connectivity index (χ2n) is 30.0. The lowest BCUT2D eigenvalue weighted by Crippen LogP contribution is -2.48. The van der Waals surface area contributed by atoms with Crippen molar-refractivity contribution < 1.29 is 111 Å². The predicted molar refractivity (Wildman–Crippen MR) is 447 cm³/mol. The number of Topliss-reactive ketones (excluding diaryl/α,β-unsaturated/α-hetero) is 5. The maximum absolute atomic E-state index is 14.1. The van der Waals surface area contributed by atoms with Crippen LogP contribution in [0.3, 0.4) is 0 Å². The van der Waals surface area contributed by atoms with Crippen LogP contribution in [-0.2, 0) is 92.3 Å². The van der Waals surface area contributed by atoms with Gasteiger partial charge in [0.2, 0.25) is 41.4 Å². The van der Waals surface area contributed by atoms with Gasteiger partial charge in [0.15, 0.2) is 11.1 Å². The lowest BCUT2D eigenvalue weighted by molar-refractivity contribution is -0.139. The molecule has 3 aromatic rings. The summed E-state index contributed by atoms with van der Waals surface area (Å²) in [6.07, 6.45) is 15.6. The summed E-state index contributed by atoms with van der Waals surface area (Å²) in [7, 11) is -3.13. The molecule has 2 aromatic carbocycles. The molecule has 1 aliphatic carbocycles. The molecule has 1 fully saturated rings. The molecule has 34 heteroatoms. The van der Waals surface area contributed by atoms with Crippen molar-refractivity contribution in [1.29, 1.82) is 0 Å². The van der Waals surface area contributed by atoms with Gasteiger partial charge >= 0.3 is 19.6 Å². The zero-order chi connectivity index (χ0) is 87.7. The number of aromatic nitrogens is 1. The molecular weight excluding hydrogens is 1560 g/mol. The number of carboxylic acid groups (broad SMARTS) is 1. The topological polar surface area (TPSA) is 509 Å². The van der Waals surface area contributed by atoms with Gasteiger partial charge < -0.3 is 87.2 Å². The van der Waals surface area contributed by atoms with Gasteiger partial charge in [-0.2, -0.15) is 0 Å². The van der Waals surface area contributed by atoms with Crippen LogP contribution in [0.2, 0.25) is 0 Å². The van der Waals surface area contributed by atoms with E-state index in [-0.39, 0.29) is 181 Å². The Labute approximate surface area is 698 Å². The summed E-state index contributed by atoms with van der Waals surface area (Å²) in [4.78, 5) is 198. The van der Waals surface area contributed by atoms with E-state index in [2.05, 4.69) is 47.5 Å². The molecule has 1 aliphatic rings. The smallest absolute Gasteiger partial charge is 0.356 e. The number of hydrogen-bond donors (Lipinski definition) is 13. The Morgan fingerprint density at radius 1 is 0.588 bits per heavy atom. The molecule has 33 nitrogen and oxygen atoms in total. The number of para-hydroxylation sites is 1. The number of hydrogen-bond acceptors (Lipinski definition) is 21. The molecule has 0 aliphatic heterocycles. The summed E-state index contributed by atoms with van der Waals surface area (Å²) in [6, 6.07) is 15.5. The van der Waals surface area contributed by atoms with Gasteiger partial charge in [0.1, 0.15) is 29.2 Å². The third-order valence-corrected chi connectivity index (χ3v) is 21.3. The number of amides is 9. The van der Waals surface area contributed by atoms with E-state index in [9.17, 15) is 81.9 Å². The predicted octanol–water partition coefficient (Wildman–Crippen LogP) is 8.44. The number of primary amides is 1. The lowest BCUT2D eigenvalue weighted by Gasteiger charge is -2.36. The average molecular weight is 1690 g/mol. The Morgan fingerprint density at radius 2 is 1.16 bits per heavy atom. The van der Waals surface area contributed by atoms with Gasteiger partial charge in [0.05, 0.1) is 44.5 Å². The number of anilines is 2. The number of carboxylic acids is 1. The number of carbonyl (C=O) groups excluding carboxylic acids is 13. The minimum Gasteiger partial charge on any atom is -0.481 e. The highest BCUT2D eigenvalue weighted by atomic mass is 31.2. The first-order valence-corrected chi connectivity index (χ1v) is 43.1. The molecule has 0 spiro atoms. The Hall–Kier alpha value is -9.34. The molecule has 0 saturated heterocycles. The molecule has 1 saturated carbocycles. The van der Waals surface area contributed by atoms with Crippen LogP contribution in [-0.4, -0.2) is 204 Å². The van der Waals surface area contributed by atoms with Crippen molar-refractivity contribution in [2.75, 3.05) is 90.2 Å². The normalized spacial score (nSPS) is 13.6. The standard InChI is InChI=1S/C46H58N6O8.C39H71N4O15P/c1-32-12-4-5-15-38(32)52-45(60)50-36-21-18-33(19-22-36)28-37(53)29-35(14-6-9-27-49-41(55)23-20-34-13-11-26-48-31-34)43(58)51-39(16-10-17-42(56)57)40(54)30-46(44(59)47-2)24-7-3-8-25-46;1-3-23-55-27-28-56-24-8-11-32(45)15-18-36(48)42-22-26-58-30-29-57-25-9-12-33(46)16-19-37(49)43-34(38(40)50)13-5-7-21-41-35(47)17-14-31(44)10-4-6-20-39(2,51)59(52,53)54/h4-5,11-13,15,18-23,26,31,35,39H,3,6-10,14,16-17,24-25,27-30H2,1-2H3,(H,47,59)(H,49,55)(H,51,58)(H,56,57)(H2,50,52,60);34,51H,3-30H2,1-2H3,(H2,40,50)(H,41,47)(H,42,48)(H,43,49)(H2,52,53,54)/b23-20+;/t35-,39+;34-,39?/m10/s1. The van der Waals surface area contributed by atoms with Crippen molar-refractivity contribution >= 4 is 107 Å². The van der Waals surface area contributed by atoms with Crippen molar-refractivity contribution in [2.24, 2.45) is 17.1 Å². The van der Waals surface area contributed by atoms with Crippen LogP contribution in [0.5, 0.6) is 0 Å². The number of urea groups is 1. The molecule has 14 N–H and O–H groups in total. The van der Waals surface area contributed by atoms with Crippen molar-refractivity contribution in [3.63, 3.8) is 0 Å². The van der Waals surface area contributed by atoms with E-state index in [1.807, 2.05) is 38.1 Å². The van der Waals surface area contributed by atoms with Gasteiger partial charge in [0, 0.05) is 166 Å². The number of nitrogens with zero attached hydrogens (tertiary/aromatic N) is 1. The van der Waals surface area contributed by atoms with E-state index in [4.69, 9.17) is 34.5 Å². The quantitative estimate of drug-likeness (QED) is 0.0143. The third-order valence-electron chi connectivity index (χ3n) is 19.8. The minimum absolute atomic E-state index is 0.00203. The number of aliphatic carboxylic acids is 1. The zero-order valence-corrected chi connectivity index (χ0v) is 70.6. The molecule has 9 amide bonds. The summed E-state index contributed by atoms with van der Waals surface area (Å²) in [6.45, 7) is 9.36. The van der Waals surface area contributed by atoms with Gasteiger partial charge in [-0.1, -0.05) is 69.0 Å². The molecule has 1 heterocycles. The Morgan fingerprint density at radius 3 is 1.74 bits per heavy atom. The first kappa shape index (κ1) is 104.